The second-order valence-electron chi connectivity index (χ2n) is 6.05. The van der Waals surface area contributed by atoms with Gasteiger partial charge in [0.25, 0.3) is 10.0 Å². The van der Waals surface area contributed by atoms with Crippen LogP contribution in [0.3, 0.4) is 0 Å². The van der Waals surface area contributed by atoms with Gasteiger partial charge in [0.2, 0.25) is 0 Å². The number of rotatable bonds is 3. The first-order valence-corrected chi connectivity index (χ1v) is 10.8. The van der Waals surface area contributed by atoms with Crippen molar-refractivity contribution >= 4 is 44.2 Å². The Morgan fingerprint density at radius 2 is 2.04 bits per heavy atom. The first kappa shape index (κ1) is 15.6. The highest BCUT2D eigenvalue weighted by Gasteiger charge is 2.46. The summed E-state index contributed by atoms with van der Waals surface area (Å²) in [6.45, 7) is 0.669. The third-order valence-electron chi connectivity index (χ3n) is 4.51. The molecular formula is C15H18ClN3O2S2. The number of hydrogen-bond donors (Lipinski definition) is 1. The van der Waals surface area contributed by atoms with Crippen LogP contribution in [0, 0.1) is 0 Å². The summed E-state index contributed by atoms with van der Waals surface area (Å²) in [6, 6.07) is 5.85. The molecule has 8 heteroatoms. The van der Waals surface area contributed by atoms with E-state index in [9.17, 15) is 8.42 Å². The fourth-order valence-electron chi connectivity index (χ4n) is 3.42. The van der Waals surface area contributed by atoms with Crippen molar-refractivity contribution in [2.24, 2.45) is 4.99 Å². The molecule has 1 saturated heterocycles. The summed E-state index contributed by atoms with van der Waals surface area (Å²) in [4.78, 5) is 6.06. The van der Waals surface area contributed by atoms with Crippen LogP contribution in [-0.2, 0) is 22.9 Å². The number of benzene rings is 1. The molecule has 4 rings (SSSR count). The number of anilines is 1. The number of aliphatic imine (C=N–C) groups is 1. The number of fused-ring (bicyclic) bond motifs is 2. The lowest BCUT2D eigenvalue weighted by Crippen LogP contribution is -2.44. The lowest BCUT2D eigenvalue weighted by atomic mass is 9.91. The third kappa shape index (κ3) is 2.83. The van der Waals surface area contributed by atoms with Crippen LogP contribution in [0.15, 0.2) is 23.2 Å². The second-order valence-corrected chi connectivity index (χ2v) is 9.34. The van der Waals surface area contributed by atoms with Crippen molar-refractivity contribution in [3.63, 3.8) is 0 Å². The predicted octanol–water partition coefficient (Wildman–Crippen LogP) is 2.62. The minimum Gasteiger partial charge on any atom is -0.329 e. The Hall–Kier alpha value is -0.920. The van der Waals surface area contributed by atoms with E-state index in [1.165, 1.54) is 17.5 Å². The molecule has 2 unspecified atom stereocenters. The minimum atomic E-state index is -3.63. The summed E-state index contributed by atoms with van der Waals surface area (Å²) in [6.07, 6.45) is 4.47. The van der Waals surface area contributed by atoms with Crippen molar-refractivity contribution in [2.45, 2.75) is 36.6 Å². The molecule has 1 fully saturated rings. The summed E-state index contributed by atoms with van der Waals surface area (Å²) < 4.78 is 28.3. The summed E-state index contributed by atoms with van der Waals surface area (Å²) in [7, 11) is -3.63. The molecule has 1 N–H and O–H groups in total. The molecule has 5 nitrogen and oxygen atoms in total. The molecule has 0 radical (unpaired) electrons. The van der Waals surface area contributed by atoms with Gasteiger partial charge in [-0.2, -0.15) is 0 Å². The topological polar surface area (TPSA) is 61.8 Å². The van der Waals surface area contributed by atoms with Crippen molar-refractivity contribution in [2.75, 3.05) is 17.0 Å². The van der Waals surface area contributed by atoms with Gasteiger partial charge >= 0.3 is 0 Å². The van der Waals surface area contributed by atoms with Crippen LogP contribution >= 0.6 is 23.4 Å². The molecule has 0 aromatic heterocycles. The van der Waals surface area contributed by atoms with Gasteiger partial charge in [-0.3, -0.25) is 4.72 Å². The van der Waals surface area contributed by atoms with E-state index in [1.54, 1.807) is 16.7 Å². The van der Waals surface area contributed by atoms with E-state index in [1.807, 2.05) is 18.2 Å². The van der Waals surface area contributed by atoms with Crippen molar-refractivity contribution in [3.05, 3.63) is 29.3 Å². The molecular weight excluding hydrogens is 354 g/mol. The van der Waals surface area contributed by atoms with Gasteiger partial charge in [-0.15, -0.1) is 0 Å². The summed E-state index contributed by atoms with van der Waals surface area (Å²) in [5.41, 5.74) is 2.44. The molecule has 23 heavy (non-hydrogen) atoms. The van der Waals surface area contributed by atoms with E-state index in [0.29, 0.717) is 12.2 Å². The van der Waals surface area contributed by atoms with Crippen LogP contribution in [0.2, 0.25) is 0 Å². The number of nitrogens with zero attached hydrogens (tertiary/aromatic N) is 2. The van der Waals surface area contributed by atoms with E-state index < -0.39 is 20.9 Å². The first-order valence-electron chi connectivity index (χ1n) is 7.79. The maximum Gasteiger partial charge on any atom is 0.257 e. The van der Waals surface area contributed by atoms with Crippen LogP contribution in [0.4, 0.5) is 5.69 Å². The van der Waals surface area contributed by atoms with Gasteiger partial charge in [-0.1, -0.05) is 29.4 Å². The number of thioether (sulfide) groups is 1. The van der Waals surface area contributed by atoms with E-state index in [2.05, 4.69) is 9.71 Å². The minimum absolute atomic E-state index is 0.620. The van der Waals surface area contributed by atoms with Crippen LogP contribution in [0.25, 0.3) is 0 Å². The van der Waals surface area contributed by atoms with Crippen LogP contribution in [-0.4, -0.2) is 41.7 Å². The van der Waals surface area contributed by atoms with Gasteiger partial charge < -0.3 is 4.90 Å². The Morgan fingerprint density at radius 1 is 1.26 bits per heavy atom. The highest BCUT2D eigenvalue weighted by atomic mass is 35.5. The number of hydrogen-bond acceptors (Lipinski definition) is 5. The largest absolute Gasteiger partial charge is 0.329 e. The van der Waals surface area contributed by atoms with E-state index in [-0.39, 0.29) is 0 Å². The number of aryl methyl sites for hydroxylation is 2. The van der Waals surface area contributed by atoms with E-state index in [4.69, 9.17) is 11.6 Å². The number of alkyl halides is 1. The summed E-state index contributed by atoms with van der Waals surface area (Å²) in [5, 5.41) is -0.0870. The zero-order valence-electron chi connectivity index (χ0n) is 12.5. The molecule has 2 aliphatic heterocycles. The quantitative estimate of drug-likeness (QED) is 0.655. The summed E-state index contributed by atoms with van der Waals surface area (Å²) in [5.74, 6) is 0.854. The fourth-order valence-corrected chi connectivity index (χ4v) is 6.68. The molecule has 2 heterocycles. The van der Waals surface area contributed by atoms with Gasteiger partial charge in [0, 0.05) is 18.0 Å². The Balaban J connectivity index is 1.58. The SMILES string of the molecule is O=S(=O)(Nc1ccc2c(c1)CCCC2)C1C(Cl)N=C2SCCN21. The Labute approximate surface area is 145 Å². The Kier molecular flexibility index (Phi) is 3.98. The first-order chi connectivity index (χ1) is 11.0. The van der Waals surface area contributed by atoms with Crippen LogP contribution < -0.4 is 4.72 Å². The lowest BCUT2D eigenvalue weighted by molar-refractivity contribution is 0.431. The number of amidine groups is 1. The van der Waals surface area contributed by atoms with Gasteiger partial charge in [0.1, 0.15) is 0 Å². The van der Waals surface area contributed by atoms with Gasteiger partial charge in [0.15, 0.2) is 16.0 Å². The van der Waals surface area contributed by atoms with Gasteiger partial charge in [-0.05, 0) is 48.9 Å². The zero-order chi connectivity index (χ0) is 16.0. The molecule has 0 bridgehead atoms. The van der Waals surface area contributed by atoms with Crippen molar-refractivity contribution in [1.29, 1.82) is 0 Å². The maximum absolute atomic E-state index is 12.8. The van der Waals surface area contributed by atoms with Crippen LogP contribution in [0.5, 0.6) is 0 Å². The number of sulfonamides is 1. The molecule has 1 aromatic rings. The van der Waals surface area contributed by atoms with Crippen molar-refractivity contribution < 1.29 is 8.42 Å². The number of nitrogens with one attached hydrogen (secondary N) is 1. The second kappa shape index (κ2) is 5.86. The standard InChI is InChI=1S/C15H18ClN3O2S2/c16-13-14(19-7-8-22-15(19)17-13)23(20,21)18-12-6-5-10-3-1-2-4-11(10)9-12/h5-6,9,13-14,18H,1-4,7-8H2. The Morgan fingerprint density at radius 3 is 2.87 bits per heavy atom. The van der Waals surface area contributed by atoms with Crippen molar-refractivity contribution in [3.8, 4) is 0 Å². The molecule has 3 aliphatic rings. The average molecular weight is 372 g/mol. The molecule has 124 valence electrons. The molecule has 2 atom stereocenters. The molecule has 0 spiro atoms. The molecule has 1 aliphatic carbocycles. The maximum atomic E-state index is 12.8. The average Bonchev–Trinajstić information content (AvgIpc) is 3.06. The molecule has 0 amide bonds. The van der Waals surface area contributed by atoms with E-state index >= 15 is 0 Å². The highest BCUT2D eigenvalue weighted by molar-refractivity contribution is 8.14. The van der Waals surface area contributed by atoms with Gasteiger partial charge in [0.05, 0.1) is 0 Å². The van der Waals surface area contributed by atoms with Gasteiger partial charge in [-0.25, -0.2) is 13.4 Å². The summed E-state index contributed by atoms with van der Waals surface area (Å²) >= 11 is 7.75. The Bertz CT molecular complexity index is 766. The van der Waals surface area contributed by atoms with Crippen LogP contribution in [0.1, 0.15) is 24.0 Å². The highest BCUT2D eigenvalue weighted by Crippen LogP contribution is 2.34. The fraction of sp³-hybridized carbons (Fsp3) is 0.533. The third-order valence-corrected chi connectivity index (χ3v) is 7.65. The number of halogens is 1. The molecule has 0 saturated carbocycles. The monoisotopic (exact) mass is 371 g/mol. The van der Waals surface area contributed by atoms with E-state index in [0.717, 1.165) is 30.2 Å². The van der Waals surface area contributed by atoms with Crippen molar-refractivity contribution in [1.82, 2.24) is 4.90 Å². The predicted molar refractivity (Wildman–Crippen MR) is 95.7 cm³/mol. The molecule has 1 aromatic carbocycles. The lowest BCUT2D eigenvalue weighted by Gasteiger charge is -2.25. The smallest absolute Gasteiger partial charge is 0.257 e. The normalized spacial score (nSPS) is 26.7. The zero-order valence-corrected chi connectivity index (χ0v) is 14.9.